The monoisotopic (exact) mass is 419 g/mol. The molecule has 7 heteroatoms. The van der Waals surface area contributed by atoms with Gasteiger partial charge in [-0.2, -0.15) is 0 Å². The Bertz CT molecular complexity index is 10.1. The molecule has 0 aromatic heterocycles. The van der Waals surface area contributed by atoms with Gasteiger partial charge in [-0.1, -0.05) is 0 Å². The molecular formula is Ag3NSi3. The van der Waals surface area contributed by atoms with Crippen LogP contribution in [0, 0.1) is 0 Å². The molecule has 0 N–H and O–H groups in total. The van der Waals surface area contributed by atoms with Gasteiger partial charge in [0.15, 0.2) is 0 Å². The molecular weight excluding hydrogens is 422 g/mol. The Morgan fingerprint density at radius 2 is 0.429 bits per heavy atom. The zero-order valence-corrected chi connectivity index (χ0v) is 10.3. The van der Waals surface area contributed by atoms with Gasteiger partial charge in [0.05, 0.1) is 0 Å². The Balaban J connectivity index is 0. The molecule has 1 nitrogen and oxygen atoms in total. The Morgan fingerprint density at radius 3 is 0.429 bits per heavy atom. The van der Waals surface area contributed by atoms with Gasteiger partial charge >= 0.3 is 67.1 Å². The third-order valence-electron chi connectivity index (χ3n) is 0. The van der Waals surface area contributed by atoms with Crippen molar-refractivity contribution in [2.24, 2.45) is 0 Å². The first kappa shape index (κ1) is 95.6. The summed E-state index contributed by atoms with van der Waals surface area (Å²) in [4.78, 5) is 0. The van der Waals surface area contributed by atoms with Crippen LogP contribution in [0.25, 0.3) is 6.15 Å². The van der Waals surface area contributed by atoms with E-state index in [1.165, 1.54) is 0 Å². The minimum atomic E-state index is 0. The zero-order chi connectivity index (χ0) is 0. The van der Waals surface area contributed by atoms with Crippen molar-refractivity contribution in [3.63, 3.8) is 0 Å². The molecule has 0 aromatic carbocycles. The standard InChI is InChI=1S/3Ag.N.3Si/q3*+1;-3;;;. The van der Waals surface area contributed by atoms with E-state index in [0.717, 1.165) is 0 Å². The molecule has 0 unspecified atom stereocenters. The van der Waals surface area contributed by atoms with E-state index in [2.05, 4.69) is 0 Å². The van der Waals surface area contributed by atoms with Crippen LogP contribution in [0.15, 0.2) is 0 Å². The van der Waals surface area contributed by atoms with Crippen LogP contribution < -0.4 is 0 Å². The van der Waals surface area contributed by atoms with E-state index < -0.39 is 0 Å². The van der Waals surface area contributed by atoms with Crippen molar-refractivity contribution < 1.29 is 67.1 Å². The van der Waals surface area contributed by atoms with Crippen LogP contribution in [0.3, 0.4) is 0 Å². The van der Waals surface area contributed by atoms with Crippen LogP contribution in [0.1, 0.15) is 0 Å². The van der Waals surface area contributed by atoms with Crippen molar-refractivity contribution in [2.75, 3.05) is 0 Å². The molecule has 0 rings (SSSR count). The van der Waals surface area contributed by atoms with Gasteiger partial charge in [0.1, 0.15) is 0 Å². The van der Waals surface area contributed by atoms with Crippen molar-refractivity contribution in [3.8, 4) is 0 Å². The third kappa shape index (κ3) is 51.4. The first-order valence-corrected chi connectivity index (χ1v) is 0. The zero-order valence-electron chi connectivity index (χ0n) is 2.85. The number of nitrogens with zero attached hydrogens (tertiary/aromatic N) is 1. The largest absolute Gasteiger partial charge is 3.00 e. The molecule has 0 spiro atoms. The van der Waals surface area contributed by atoms with Gasteiger partial charge in [0.25, 0.3) is 0 Å². The van der Waals surface area contributed by atoms with E-state index >= 15 is 0 Å². The van der Waals surface area contributed by atoms with E-state index in [1.54, 1.807) is 0 Å². The Kier molecular flexibility index (Phi) is 923. The summed E-state index contributed by atoms with van der Waals surface area (Å²) in [6.07, 6.45) is 0. The Hall–Kier alpha value is 2.83. The molecule has 0 atom stereocenters. The molecule has 12 radical (unpaired) electrons. The second-order valence-electron chi connectivity index (χ2n) is 0. The van der Waals surface area contributed by atoms with Crippen LogP contribution in [-0.4, -0.2) is 32.9 Å². The predicted molar refractivity (Wildman–Crippen MR) is 20.6 cm³/mol. The van der Waals surface area contributed by atoms with Crippen molar-refractivity contribution in [1.82, 2.24) is 0 Å². The van der Waals surface area contributed by atoms with Crippen molar-refractivity contribution in [3.05, 3.63) is 6.15 Å². The summed E-state index contributed by atoms with van der Waals surface area (Å²) in [6.45, 7) is 0. The molecule has 0 fully saturated rings. The van der Waals surface area contributed by atoms with Gasteiger partial charge in [-0.3, -0.25) is 0 Å². The summed E-state index contributed by atoms with van der Waals surface area (Å²) in [5.41, 5.74) is 0. The molecule has 0 aliphatic rings. The maximum atomic E-state index is 0. The molecule has 0 saturated heterocycles. The molecule has 0 heterocycles. The van der Waals surface area contributed by atoms with Crippen molar-refractivity contribution in [1.29, 1.82) is 0 Å². The molecule has 50 valence electrons. The first-order valence-electron chi connectivity index (χ1n) is 0. The quantitative estimate of drug-likeness (QED) is 0.456. The second-order valence-corrected chi connectivity index (χ2v) is 0. The third-order valence-corrected chi connectivity index (χ3v) is 0. The average molecular weight is 422 g/mol. The van der Waals surface area contributed by atoms with Gasteiger partial charge in [-0.25, -0.2) is 0 Å². The van der Waals surface area contributed by atoms with E-state index in [0.29, 0.717) is 0 Å². The summed E-state index contributed by atoms with van der Waals surface area (Å²) < 4.78 is 0. The fraction of sp³-hybridized carbons (Fsp3) is 0. The average Bonchev–Trinajstić information content (AvgIpc) is 0. The van der Waals surface area contributed by atoms with Crippen LogP contribution in [0.2, 0.25) is 0 Å². The van der Waals surface area contributed by atoms with Gasteiger partial charge in [0.2, 0.25) is 0 Å². The summed E-state index contributed by atoms with van der Waals surface area (Å²) in [6, 6.07) is 0. The van der Waals surface area contributed by atoms with Crippen molar-refractivity contribution in [2.45, 2.75) is 0 Å². The molecule has 0 bridgehead atoms. The van der Waals surface area contributed by atoms with Crippen LogP contribution >= 0.6 is 0 Å². The maximum Gasteiger partial charge on any atom is 1.00 e. The summed E-state index contributed by atoms with van der Waals surface area (Å²) in [5, 5.41) is 0. The SMILES string of the molecule is [Ag+].[Ag+].[Ag+].[N-3].[Si].[Si].[Si]. The second kappa shape index (κ2) is 67.6. The van der Waals surface area contributed by atoms with Crippen LogP contribution in [-0.2, 0) is 67.1 Å². The molecule has 0 aliphatic carbocycles. The first-order chi connectivity index (χ1) is 0. The fourth-order valence-electron chi connectivity index (χ4n) is 0. The minimum Gasteiger partial charge on any atom is -3.00 e. The summed E-state index contributed by atoms with van der Waals surface area (Å²) in [7, 11) is 0. The van der Waals surface area contributed by atoms with Crippen molar-refractivity contribution >= 4 is 32.9 Å². The topological polar surface area (TPSA) is 30.5 Å². The van der Waals surface area contributed by atoms with E-state index in [4.69, 9.17) is 0 Å². The molecule has 7 heavy (non-hydrogen) atoms. The van der Waals surface area contributed by atoms with E-state index in [-0.39, 0.29) is 106 Å². The minimum absolute atomic E-state index is 0. The van der Waals surface area contributed by atoms with Gasteiger partial charge < -0.3 is 6.15 Å². The fourth-order valence-corrected chi connectivity index (χ4v) is 0. The summed E-state index contributed by atoms with van der Waals surface area (Å²) in [5.74, 6) is 0. The van der Waals surface area contributed by atoms with Gasteiger partial charge in [-0.05, 0) is 0 Å². The Labute approximate surface area is 105 Å². The normalized spacial score (nSPS) is 0. The molecule has 0 amide bonds. The smallest absolute Gasteiger partial charge is 1.00 e. The Morgan fingerprint density at radius 1 is 0.429 bits per heavy atom. The number of rotatable bonds is 0. The van der Waals surface area contributed by atoms with Gasteiger partial charge in [-0.15, -0.1) is 0 Å². The molecule has 0 aromatic rings. The predicted octanol–water partition coefficient (Wildman–Crippen LogP) is -0.861. The number of hydrogen-bond donors (Lipinski definition) is 0. The summed E-state index contributed by atoms with van der Waals surface area (Å²) >= 11 is 0. The molecule has 0 saturated carbocycles. The number of hydrogen-bond acceptors (Lipinski definition) is 0. The van der Waals surface area contributed by atoms with Gasteiger partial charge in [0, 0.05) is 32.9 Å². The van der Waals surface area contributed by atoms with Crippen LogP contribution in [0.5, 0.6) is 0 Å². The van der Waals surface area contributed by atoms with E-state index in [1.807, 2.05) is 0 Å². The maximum absolute atomic E-state index is 0. The van der Waals surface area contributed by atoms with Crippen LogP contribution in [0.4, 0.5) is 0 Å². The molecule has 0 aliphatic heterocycles. The van der Waals surface area contributed by atoms with E-state index in [9.17, 15) is 0 Å².